The average Bonchev–Trinajstić information content (AvgIpc) is 2.10. The summed E-state index contributed by atoms with van der Waals surface area (Å²) in [5, 5.41) is 8.63. The van der Waals surface area contributed by atoms with Gasteiger partial charge in [0.25, 0.3) is 0 Å². The number of nitrogens with two attached hydrogens (primary N) is 1. The number of carbonyl (C=O) groups is 1. The van der Waals surface area contributed by atoms with E-state index in [1.165, 1.54) is 19.3 Å². The highest BCUT2D eigenvalue weighted by Gasteiger charge is 2.18. The highest BCUT2D eigenvalue weighted by Crippen LogP contribution is 2.12. The van der Waals surface area contributed by atoms with E-state index in [1.807, 2.05) is 6.92 Å². The van der Waals surface area contributed by atoms with Crippen molar-refractivity contribution in [2.45, 2.75) is 52.0 Å². The molecule has 0 aromatic heterocycles. The second kappa shape index (κ2) is 6.89. The molecule has 3 heteroatoms. The van der Waals surface area contributed by atoms with Gasteiger partial charge in [-0.2, -0.15) is 0 Å². The van der Waals surface area contributed by atoms with Crippen LogP contribution in [-0.2, 0) is 4.79 Å². The summed E-state index contributed by atoms with van der Waals surface area (Å²) in [5.41, 5.74) is 5.48. The van der Waals surface area contributed by atoms with E-state index < -0.39 is 12.0 Å². The van der Waals surface area contributed by atoms with Crippen LogP contribution in [0.1, 0.15) is 46.0 Å². The molecule has 0 bridgehead atoms. The quantitative estimate of drug-likeness (QED) is 0.599. The SMILES string of the molecule is CCCCCCC(C)[C@@H](N)C(=O)O. The molecule has 0 saturated carbocycles. The van der Waals surface area contributed by atoms with Crippen molar-refractivity contribution in [3.8, 4) is 0 Å². The largest absolute Gasteiger partial charge is 0.480 e. The molecule has 0 aliphatic carbocycles. The molecular formula is C10H21NO2. The molecule has 0 aliphatic rings. The first-order valence-corrected chi connectivity index (χ1v) is 5.08. The second-order valence-corrected chi connectivity index (χ2v) is 3.69. The summed E-state index contributed by atoms with van der Waals surface area (Å²) < 4.78 is 0. The van der Waals surface area contributed by atoms with Crippen molar-refractivity contribution in [3.63, 3.8) is 0 Å². The van der Waals surface area contributed by atoms with Gasteiger partial charge in [-0.05, 0) is 12.3 Å². The Hall–Kier alpha value is -0.570. The predicted molar refractivity (Wildman–Crippen MR) is 53.5 cm³/mol. The lowest BCUT2D eigenvalue weighted by Crippen LogP contribution is -2.36. The van der Waals surface area contributed by atoms with Crippen LogP contribution in [0.4, 0.5) is 0 Å². The molecule has 0 spiro atoms. The standard InChI is InChI=1S/C10H21NO2/c1-3-4-5-6-7-8(2)9(11)10(12)13/h8-9H,3-7,11H2,1-2H3,(H,12,13)/t8?,9-/m1/s1. The molecule has 0 saturated heterocycles. The van der Waals surface area contributed by atoms with Gasteiger partial charge >= 0.3 is 5.97 Å². The van der Waals surface area contributed by atoms with E-state index >= 15 is 0 Å². The van der Waals surface area contributed by atoms with Crippen molar-refractivity contribution in [2.24, 2.45) is 11.7 Å². The number of carboxylic acid groups (broad SMARTS) is 1. The van der Waals surface area contributed by atoms with Crippen molar-refractivity contribution in [3.05, 3.63) is 0 Å². The maximum atomic E-state index is 10.5. The smallest absolute Gasteiger partial charge is 0.320 e. The van der Waals surface area contributed by atoms with Gasteiger partial charge in [-0.3, -0.25) is 4.79 Å². The van der Waals surface area contributed by atoms with Crippen molar-refractivity contribution in [1.29, 1.82) is 0 Å². The highest BCUT2D eigenvalue weighted by atomic mass is 16.4. The highest BCUT2D eigenvalue weighted by molar-refractivity contribution is 5.73. The predicted octanol–water partition coefficient (Wildman–Crippen LogP) is 2.00. The number of hydrogen-bond acceptors (Lipinski definition) is 2. The van der Waals surface area contributed by atoms with Gasteiger partial charge in [0.2, 0.25) is 0 Å². The Balaban J connectivity index is 3.50. The van der Waals surface area contributed by atoms with Crippen molar-refractivity contribution < 1.29 is 9.90 Å². The molecule has 0 aromatic carbocycles. The summed E-state index contributed by atoms with van der Waals surface area (Å²) in [6.45, 7) is 4.07. The average molecular weight is 187 g/mol. The van der Waals surface area contributed by atoms with Crippen LogP contribution in [0.25, 0.3) is 0 Å². The number of aliphatic carboxylic acids is 1. The molecule has 78 valence electrons. The molecule has 0 amide bonds. The fourth-order valence-electron chi connectivity index (χ4n) is 1.32. The summed E-state index contributed by atoms with van der Waals surface area (Å²) >= 11 is 0. The first-order chi connectivity index (χ1) is 6.09. The van der Waals surface area contributed by atoms with Gasteiger partial charge in [-0.1, -0.05) is 39.5 Å². The fourth-order valence-corrected chi connectivity index (χ4v) is 1.32. The number of rotatable bonds is 7. The van der Waals surface area contributed by atoms with Gasteiger partial charge in [0.1, 0.15) is 6.04 Å². The molecule has 0 rings (SSSR count). The van der Waals surface area contributed by atoms with Gasteiger partial charge in [-0.15, -0.1) is 0 Å². The first-order valence-electron chi connectivity index (χ1n) is 5.08. The Morgan fingerprint density at radius 3 is 2.46 bits per heavy atom. The van der Waals surface area contributed by atoms with E-state index in [4.69, 9.17) is 10.8 Å². The molecule has 3 N–H and O–H groups in total. The van der Waals surface area contributed by atoms with Crippen LogP contribution in [-0.4, -0.2) is 17.1 Å². The van der Waals surface area contributed by atoms with E-state index in [1.54, 1.807) is 0 Å². The van der Waals surface area contributed by atoms with E-state index in [0.29, 0.717) is 0 Å². The monoisotopic (exact) mass is 187 g/mol. The lowest BCUT2D eigenvalue weighted by molar-refractivity contribution is -0.139. The molecule has 0 fully saturated rings. The Morgan fingerprint density at radius 1 is 1.38 bits per heavy atom. The minimum atomic E-state index is -0.886. The van der Waals surface area contributed by atoms with Gasteiger partial charge < -0.3 is 10.8 Å². The van der Waals surface area contributed by atoms with E-state index in [9.17, 15) is 4.79 Å². The number of hydrogen-bond donors (Lipinski definition) is 2. The van der Waals surface area contributed by atoms with Crippen molar-refractivity contribution in [2.75, 3.05) is 0 Å². The Labute approximate surface area is 80.3 Å². The maximum absolute atomic E-state index is 10.5. The molecule has 2 atom stereocenters. The summed E-state index contributed by atoms with van der Waals surface area (Å²) in [5.74, 6) is -0.794. The Kier molecular flexibility index (Phi) is 6.59. The molecule has 1 unspecified atom stereocenters. The lowest BCUT2D eigenvalue weighted by atomic mass is 9.96. The summed E-state index contributed by atoms with van der Waals surface area (Å²) in [4.78, 5) is 10.5. The Bertz CT molecular complexity index is 148. The van der Waals surface area contributed by atoms with E-state index in [0.717, 1.165) is 12.8 Å². The number of unbranched alkanes of at least 4 members (excludes halogenated alkanes) is 3. The zero-order valence-electron chi connectivity index (χ0n) is 8.62. The second-order valence-electron chi connectivity index (χ2n) is 3.69. The fraction of sp³-hybridized carbons (Fsp3) is 0.900. The van der Waals surface area contributed by atoms with Crippen LogP contribution in [0.15, 0.2) is 0 Å². The van der Waals surface area contributed by atoms with Crippen molar-refractivity contribution >= 4 is 5.97 Å². The zero-order chi connectivity index (χ0) is 10.3. The minimum absolute atomic E-state index is 0.0920. The molecular weight excluding hydrogens is 166 g/mol. The van der Waals surface area contributed by atoms with Crippen LogP contribution in [0.2, 0.25) is 0 Å². The van der Waals surface area contributed by atoms with E-state index in [2.05, 4.69) is 6.92 Å². The summed E-state index contributed by atoms with van der Waals surface area (Å²) in [7, 11) is 0. The maximum Gasteiger partial charge on any atom is 0.320 e. The normalized spacial score (nSPS) is 15.3. The minimum Gasteiger partial charge on any atom is -0.480 e. The topological polar surface area (TPSA) is 63.3 Å². The lowest BCUT2D eigenvalue weighted by Gasteiger charge is -2.15. The molecule has 0 aromatic rings. The van der Waals surface area contributed by atoms with E-state index in [-0.39, 0.29) is 5.92 Å². The Morgan fingerprint density at radius 2 is 2.00 bits per heavy atom. The summed E-state index contributed by atoms with van der Waals surface area (Å²) in [6.07, 6.45) is 5.64. The van der Waals surface area contributed by atoms with Crippen LogP contribution in [0, 0.1) is 5.92 Å². The van der Waals surface area contributed by atoms with Gasteiger partial charge in [0.15, 0.2) is 0 Å². The molecule has 0 radical (unpaired) electrons. The third kappa shape index (κ3) is 5.64. The molecule has 0 heterocycles. The number of carboxylic acids is 1. The van der Waals surface area contributed by atoms with Crippen LogP contribution < -0.4 is 5.73 Å². The van der Waals surface area contributed by atoms with Gasteiger partial charge in [0, 0.05) is 0 Å². The molecule has 13 heavy (non-hydrogen) atoms. The third-order valence-corrected chi connectivity index (χ3v) is 2.41. The zero-order valence-corrected chi connectivity index (χ0v) is 8.62. The van der Waals surface area contributed by atoms with Crippen LogP contribution >= 0.6 is 0 Å². The van der Waals surface area contributed by atoms with Crippen molar-refractivity contribution in [1.82, 2.24) is 0 Å². The first kappa shape index (κ1) is 12.4. The molecule has 0 aliphatic heterocycles. The third-order valence-electron chi connectivity index (χ3n) is 2.41. The summed E-state index contributed by atoms with van der Waals surface area (Å²) in [6, 6.07) is -0.693. The molecule has 3 nitrogen and oxygen atoms in total. The van der Waals surface area contributed by atoms with Gasteiger partial charge in [0.05, 0.1) is 0 Å². The van der Waals surface area contributed by atoms with Gasteiger partial charge in [-0.25, -0.2) is 0 Å². The van der Waals surface area contributed by atoms with Crippen LogP contribution in [0.5, 0.6) is 0 Å². The van der Waals surface area contributed by atoms with Crippen LogP contribution in [0.3, 0.4) is 0 Å².